The third-order valence-electron chi connectivity index (χ3n) is 3.64. The lowest BCUT2D eigenvalue weighted by molar-refractivity contribution is -0.121. The Balaban J connectivity index is 1.76. The largest absolute Gasteiger partial charge is 0.352 e. The molecule has 1 N–H and O–H groups in total. The van der Waals surface area contributed by atoms with Crippen LogP contribution < -0.4 is 5.32 Å². The maximum atomic E-state index is 11.9. The van der Waals surface area contributed by atoms with Gasteiger partial charge in [0.25, 0.3) is 0 Å². The highest BCUT2D eigenvalue weighted by Gasteiger charge is 2.03. The first kappa shape index (κ1) is 15.3. The number of carbonyl (C=O) groups excluding carboxylic acids is 1. The topological polar surface area (TPSA) is 29.1 Å². The van der Waals surface area contributed by atoms with Gasteiger partial charge in [-0.2, -0.15) is 0 Å². The summed E-state index contributed by atoms with van der Waals surface area (Å²) in [6.45, 7) is 4.81. The van der Waals surface area contributed by atoms with Crippen LogP contribution in [0.2, 0.25) is 0 Å². The fourth-order valence-corrected chi connectivity index (χ4v) is 2.31. The minimum absolute atomic E-state index is 0.107. The van der Waals surface area contributed by atoms with Crippen molar-refractivity contribution >= 4 is 5.91 Å². The molecule has 0 saturated carbocycles. The Bertz CT molecular complexity index is 587. The SMILES string of the molecule is CCc1ccc(CCC(=O)NCc2cccc(C)c2)cc1. The molecule has 0 bridgehead atoms. The summed E-state index contributed by atoms with van der Waals surface area (Å²) in [5.74, 6) is 0.107. The number of aryl methyl sites for hydroxylation is 3. The Kier molecular flexibility index (Phi) is 5.56. The van der Waals surface area contributed by atoms with E-state index in [1.807, 2.05) is 12.1 Å². The molecule has 0 heterocycles. The molecular weight excluding hydrogens is 258 g/mol. The highest BCUT2D eigenvalue weighted by Crippen LogP contribution is 2.08. The quantitative estimate of drug-likeness (QED) is 0.857. The van der Waals surface area contributed by atoms with E-state index in [1.54, 1.807) is 0 Å². The van der Waals surface area contributed by atoms with E-state index in [0.29, 0.717) is 13.0 Å². The molecule has 0 fully saturated rings. The van der Waals surface area contributed by atoms with Gasteiger partial charge in [-0.3, -0.25) is 4.79 Å². The number of carbonyl (C=O) groups is 1. The van der Waals surface area contributed by atoms with E-state index in [4.69, 9.17) is 0 Å². The number of rotatable bonds is 6. The van der Waals surface area contributed by atoms with Gasteiger partial charge in [-0.1, -0.05) is 61.0 Å². The van der Waals surface area contributed by atoms with Crippen LogP contribution in [0.25, 0.3) is 0 Å². The molecule has 0 aliphatic rings. The molecular formula is C19H23NO. The first-order valence-electron chi connectivity index (χ1n) is 7.57. The molecule has 0 aliphatic heterocycles. The molecule has 1 amide bonds. The van der Waals surface area contributed by atoms with Crippen molar-refractivity contribution in [3.8, 4) is 0 Å². The number of amides is 1. The van der Waals surface area contributed by atoms with Crippen LogP contribution in [0, 0.1) is 6.92 Å². The van der Waals surface area contributed by atoms with Crippen LogP contribution in [0.4, 0.5) is 0 Å². The van der Waals surface area contributed by atoms with Crippen molar-refractivity contribution in [2.75, 3.05) is 0 Å². The van der Waals surface area contributed by atoms with Gasteiger partial charge in [0.15, 0.2) is 0 Å². The van der Waals surface area contributed by atoms with Crippen LogP contribution in [0.1, 0.15) is 35.6 Å². The minimum atomic E-state index is 0.107. The Morgan fingerprint density at radius 2 is 1.71 bits per heavy atom. The summed E-state index contributed by atoms with van der Waals surface area (Å²) in [7, 11) is 0. The lowest BCUT2D eigenvalue weighted by Gasteiger charge is -2.07. The van der Waals surface area contributed by atoms with E-state index in [-0.39, 0.29) is 5.91 Å². The average Bonchev–Trinajstić information content (AvgIpc) is 2.51. The van der Waals surface area contributed by atoms with Crippen LogP contribution in [-0.4, -0.2) is 5.91 Å². The third-order valence-corrected chi connectivity index (χ3v) is 3.64. The standard InChI is InChI=1S/C19H23NO/c1-3-16-7-9-17(10-8-16)11-12-19(21)20-14-18-6-4-5-15(2)13-18/h4-10,13H,3,11-12,14H2,1-2H3,(H,20,21). The molecule has 2 aromatic rings. The molecule has 2 nitrogen and oxygen atoms in total. The predicted octanol–water partition coefficient (Wildman–Crippen LogP) is 3.81. The molecule has 0 unspecified atom stereocenters. The normalized spacial score (nSPS) is 10.4. The maximum absolute atomic E-state index is 11.9. The van der Waals surface area contributed by atoms with Gasteiger partial charge in [-0.05, 0) is 36.5 Å². The van der Waals surface area contributed by atoms with Crippen LogP contribution in [-0.2, 0) is 24.2 Å². The van der Waals surface area contributed by atoms with Gasteiger partial charge in [0.2, 0.25) is 5.91 Å². The summed E-state index contributed by atoms with van der Waals surface area (Å²) < 4.78 is 0. The summed E-state index contributed by atoms with van der Waals surface area (Å²) in [4.78, 5) is 11.9. The first-order valence-corrected chi connectivity index (χ1v) is 7.57. The summed E-state index contributed by atoms with van der Waals surface area (Å²) in [5, 5.41) is 2.98. The zero-order valence-corrected chi connectivity index (χ0v) is 12.9. The maximum Gasteiger partial charge on any atom is 0.220 e. The van der Waals surface area contributed by atoms with Crippen molar-refractivity contribution in [2.45, 2.75) is 39.7 Å². The molecule has 110 valence electrons. The third kappa shape index (κ3) is 5.07. The van der Waals surface area contributed by atoms with E-state index in [0.717, 1.165) is 18.4 Å². The van der Waals surface area contributed by atoms with Gasteiger partial charge in [0.05, 0.1) is 0 Å². The number of benzene rings is 2. The Morgan fingerprint density at radius 3 is 2.38 bits per heavy atom. The van der Waals surface area contributed by atoms with Gasteiger partial charge in [0.1, 0.15) is 0 Å². The molecule has 0 aromatic heterocycles. The van der Waals surface area contributed by atoms with E-state index in [2.05, 4.69) is 55.6 Å². The van der Waals surface area contributed by atoms with E-state index < -0.39 is 0 Å². The zero-order chi connectivity index (χ0) is 15.1. The second-order valence-electron chi connectivity index (χ2n) is 5.44. The minimum Gasteiger partial charge on any atom is -0.352 e. The first-order chi connectivity index (χ1) is 10.2. The summed E-state index contributed by atoms with van der Waals surface area (Å²) in [5.41, 5.74) is 4.92. The number of nitrogens with one attached hydrogen (secondary N) is 1. The number of hydrogen-bond donors (Lipinski definition) is 1. The molecule has 2 rings (SSSR count). The highest BCUT2D eigenvalue weighted by molar-refractivity contribution is 5.76. The van der Waals surface area contributed by atoms with Crippen molar-refractivity contribution in [1.82, 2.24) is 5.32 Å². The molecule has 2 aromatic carbocycles. The van der Waals surface area contributed by atoms with Crippen molar-refractivity contribution in [2.24, 2.45) is 0 Å². The lowest BCUT2D eigenvalue weighted by Crippen LogP contribution is -2.23. The van der Waals surface area contributed by atoms with Gasteiger partial charge >= 0.3 is 0 Å². The molecule has 0 spiro atoms. The molecule has 21 heavy (non-hydrogen) atoms. The molecule has 0 atom stereocenters. The second-order valence-corrected chi connectivity index (χ2v) is 5.44. The molecule has 0 radical (unpaired) electrons. The monoisotopic (exact) mass is 281 g/mol. The molecule has 0 aliphatic carbocycles. The average molecular weight is 281 g/mol. The Hall–Kier alpha value is -2.09. The van der Waals surface area contributed by atoms with Crippen molar-refractivity contribution in [3.63, 3.8) is 0 Å². The van der Waals surface area contributed by atoms with Gasteiger partial charge < -0.3 is 5.32 Å². The Labute approximate surface area is 127 Å². The van der Waals surface area contributed by atoms with Crippen LogP contribution in [0.15, 0.2) is 48.5 Å². The van der Waals surface area contributed by atoms with E-state index in [1.165, 1.54) is 16.7 Å². The second kappa shape index (κ2) is 7.63. The van der Waals surface area contributed by atoms with E-state index >= 15 is 0 Å². The van der Waals surface area contributed by atoms with Crippen molar-refractivity contribution in [1.29, 1.82) is 0 Å². The fraction of sp³-hybridized carbons (Fsp3) is 0.316. The smallest absolute Gasteiger partial charge is 0.220 e. The van der Waals surface area contributed by atoms with Crippen LogP contribution >= 0.6 is 0 Å². The van der Waals surface area contributed by atoms with Crippen LogP contribution in [0.3, 0.4) is 0 Å². The van der Waals surface area contributed by atoms with E-state index in [9.17, 15) is 4.79 Å². The van der Waals surface area contributed by atoms with Crippen LogP contribution in [0.5, 0.6) is 0 Å². The Morgan fingerprint density at radius 1 is 1.00 bits per heavy atom. The summed E-state index contributed by atoms with van der Waals surface area (Å²) >= 11 is 0. The van der Waals surface area contributed by atoms with Gasteiger partial charge in [0, 0.05) is 13.0 Å². The zero-order valence-electron chi connectivity index (χ0n) is 12.9. The number of hydrogen-bond acceptors (Lipinski definition) is 1. The molecule has 0 saturated heterocycles. The predicted molar refractivity (Wildman–Crippen MR) is 87.2 cm³/mol. The summed E-state index contributed by atoms with van der Waals surface area (Å²) in [6, 6.07) is 16.7. The highest BCUT2D eigenvalue weighted by atomic mass is 16.1. The van der Waals surface area contributed by atoms with Gasteiger partial charge in [-0.25, -0.2) is 0 Å². The lowest BCUT2D eigenvalue weighted by atomic mass is 10.1. The summed E-state index contributed by atoms with van der Waals surface area (Å²) in [6.07, 6.45) is 2.39. The fourth-order valence-electron chi connectivity index (χ4n) is 2.31. The van der Waals surface area contributed by atoms with Crippen molar-refractivity contribution < 1.29 is 4.79 Å². The van der Waals surface area contributed by atoms with Crippen molar-refractivity contribution in [3.05, 3.63) is 70.8 Å². The molecule has 2 heteroatoms. The van der Waals surface area contributed by atoms with Gasteiger partial charge in [-0.15, -0.1) is 0 Å².